The van der Waals surface area contributed by atoms with Gasteiger partial charge in [-0.25, -0.2) is 8.42 Å². The van der Waals surface area contributed by atoms with Crippen LogP contribution >= 0.6 is 10.7 Å². The van der Waals surface area contributed by atoms with E-state index < -0.39 is 9.05 Å². The molecule has 0 N–H and O–H groups in total. The molecule has 1 aromatic rings. The second-order valence-corrected chi connectivity index (χ2v) is 6.75. The van der Waals surface area contributed by atoms with Crippen LogP contribution in [-0.4, -0.2) is 20.8 Å². The minimum atomic E-state index is -3.43. The average molecular weight is 261 g/mol. The predicted molar refractivity (Wildman–Crippen MR) is 63.6 cm³/mol. The number of para-hydroxylation sites is 1. The number of hydrogen-bond donors (Lipinski definition) is 0. The number of rotatable bonds is 3. The Morgan fingerprint density at radius 3 is 2.94 bits per heavy atom. The van der Waals surface area contributed by atoms with Crippen molar-refractivity contribution in [1.29, 1.82) is 0 Å². The van der Waals surface area contributed by atoms with E-state index in [1.54, 1.807) is 0 Å². The van der Waals surface area contributed by atoms with Gasteiger partial charge in [-0.1, -0.05) is 18.2 Å². The van der Waals surface area contributed by atoms with Crippen LogP contribution in [0.1, 0.15) is 17.5 Å². The third kappa shape index (κ3) is 2.89. The number of hydrogen-bond acceptors (Lipinski definition) is 3. The Labute approximate surface area is 99.8 Å². The highest BCUT2D eigenvalue weighted by Crippen LogP contribution is 2.29. The Hall–Kier alpha value is -0.740. The van der Waals surface area contributed by atoms with E-state index in [1.165, 1.54) is 0 Å². The summed E-state index contributed by atoms with van der Waals surface area (Å²) in [5.41, 5.74) is 2.09. The van der Waals surface area contributed by atoms with Crippen molar-refractivity contribution in [2.45, 2.75) is 19.3 Å². The normalized spacial score (nSPS) is 15.3. The molecule has 1 aromatic carbocycles. The first kappa shape index (κ1) is 11.7. The van der Waals surface area contributed by atoms with Gasteiger partial charge in [-0.3, -0.25) is 0 Å². The second-order valence-electron chi connectivity index (χ2n) is 3.85. The van der Waals surface area contributed by atoms with E-state index in [-0.39, 0.29) is 5.75 Å². The van der Waals surface area contributed by atoms with Gasteiger partial charge in [0.1, 0.15) is 5.75 Å². The van der Waals surface area contributed by atoms with Gasteiger partial charge in [-0.15, -0.1) is 0 Å². The fourth-order valence-corrected chi connectivity index (χ4v) is 2.58. The molecule has 1 aliphatic heterocycles. The minimum absolute atomic E-state index is 0.0473. The van der Waals surface area contributed by atoms with Crippen molar-refractivity contribution in [2.75, 3.05) is 12.4 Å². The monoisotopic (exact) mass is 260 g/mol. The molecule has 3 nitrogen and oxygen atoms in total. The van der Waals surface area contributed by atoms with Gasteiger partial charge in [0.2, 0.25) is 9.05 Å². The molecule has 0 aromatic heterocycles. The molecule has 1 aliphatic rings. The number of benzene rings is 1. The lowest BCUT2D eigenvalue weighted by molar-refractivity contribution is 0.285. The lowest BCUT2D eigenvalue weighted by Gasteiger charge is -2.20. The first-order valence-electron chi connectivity index (χ1n) is 5.22. The summed E-state index contributed by atoms with van der Waals surface area (Å²) in [6, 6.07) is 5.85. The van der Waals surface area contributed by atoms with Crippen molar-refractivity contribution < 1.29 is 13.2 Å². The van der Waals surface area contributed by atoms with E-state index in [0.29, 0.717) is 13.0 Å². The molecule has 0 amide bonds. The van der Waals surface area contributed by atoms with E-state index in [9.17, 15) is 8.42 Å². The maximum absolute atomic E-state index is 10.9. The molecule has 0 saturated carbocycles. The zero-order valence-electron chi connectivity index (χ0n) is 8.78. The summed E-state index contributed by atoms with van der Waals surface area (Å²) in [7, 11) is 1.77. The predicted octanol–water partition coefficient (Wildman–Crippen LogP) is 2.12. The average Bonchev–Trinajstić information content (AvgIpc) is 2.25. The van der Waals surface area contributed by atoms with Crippen molar-refractivity contribution >= 4 is 19.7 Å². The SMILES string of the molecule is O=S(=O)(Cl)CCc1cccc2c1OCCC2. The Bertz CT molecular complexity index is 482. The third-order valence-electron chi connectivity index (χ3n) is 2.63. The molecule has 5 heteroatoms. The zero-order valence-corrected chi connectivity index (χ0v) is 10.4. The molecule has 16 heavy (non-hydrogen) atoms. The van der Waals surface area contributed by atoms with Crippen LogP contribution in [0.5, 0.6) is 5.75 Å². The summed E-state index contributed by atoms with van der Waals surface area (Å²) < 4.78 is 27.4. The summed E-state index contributed by atoms with van der Waals surface area (Å²) in [4.78, 5) is 0. The Kier molecular flexibility index (Phi) is 3.40. The van der Waals surface area contributed by atoms with Gasteiger partial charge in [-0.05, 0) is 30.4 Å². The van der Waals surface area contributed by atoms with Crippen molar-refractivity contribution in [1.82, 2.24) is 0 Å². The summed E-state index contributed by atoms with van der Waals surface area (Å²) in [6.45, 7) is 0.706. The van der Waals surface area contributed by atoms with Crippen molar-refractivity contribution in [3.63, 3.8) is 0 Å². The minimum Gasteiger partial charge on any atom is -0.493 e. The third-order valence-corrected chi connectivity index (χ3v) is 3.78. The molecule has 0 radical (unpaired) electrons. The molecule has 0 bridgehead atoms. The van der Waals surface area contributed by atoms with Crippen molar-refractivity contribution in [3.05, 3.63) is 29.3 Å². The van der Waals surface area contributed by atoms with Crippen LogP contribution in [0.2, 0.25) is 0 Å². The molecule has 0 spiro atoms. The quantitative estimate of drug-likeness (QED) is 0.782. The van der Waals surface area contributed by atoms with Crippen LogP contribution < -0.4 is 4.74 Å². The molecule has 1 heterocycles. The smallest absolute Gasteiger partial charge is 0.232 e. The molecule has 0 unspecified atom stereocenters. The van der Waals surface area contributed by atoms with Crippen LogP contribution in [0.4, 0.5) is 0 Å². The van der Waals surface area contributed by atoms with Gasteiger partial charge in [0, 0.05) is 10.7 Å². The fraction of sp³-hybridized carbons (Fsp3) is 0.455. The number of aryl methyl sites for hydroxylation is 2. The first-order valence-corrected chi connectivity index (χ1v) is 7.70. The van der Waals surface area contributed by atoms with Gasteiger partial charge < -0.3 is 4.74 Å². The highest BCUT2D eigenvalue weighted by molar-refractivity contribution is 8.13. The maximum atomic E-state index is 10.9. The maximum Gasteiger partial charge on any atom is 0.232 e. The molecule has 0 aliphatic carbocycles. The number of halogens is 1. The molecule has 0 fully saturated rings. The second kappa shape index (κ2) is 4.63. The van der Waals surface area contributed by atoms with E-state index in [2.05, 4.69) is 0 Å². The fourth-order valence-electron chi connectivity index (χ4n) is 1.89. The summed E-state index contributed by atoms with van der Waals surface area (Å²) in [5, 5.41) is 0. The van der Waals surface area contributed by atoms with Crippen LogP contribution in [0.15, 0.2) is 18.2 Å². The Morgan fingerprint density at radius 2 is 2.19 bits per heavy atom. The lowest BCUT2D eigenvalue weighted by atomic mass is 10.0. The topological polar surface area (TPSA) is 43.4 Å². The van der Waals surface area contributed by atoms with E-state index in [0.717, 1.165) is 29.7 Å². The Balaban J connectivity index is 2.21. The Morgan fingerprint density at radius 1 is 1.38 bits per heavy atom. The zero-order chi connectivity index (χ0) is 11.6. The summed E-state index contributed by atoms with van der Waals surface area (Å²) >= 11 is 0. The van der Waals surface area contributed by atoms with Gasteiger partial charge in [0.25, 0.3) is 0 Å². The van der Waals surface area contributed by atoms with Crippen LogP contribution in [0.25, 0.3) is 0 Å². The molecular formula is C11H13ClO3S. The van der Waals surface area contributed by atoms with Crippen molar-refractivity contribution in [2.24, 2.45) is 0 Å². The number of fused-ring (bicyclic) bond motifs is 1. The first-order chi connectivity index (χ1) is 7.56. The standard InChI is InChI=1S/C11H13ClO3S/c12-16(13,14)8-6-10-4-1-3-9-5-2-7-15-11(9)10/h1,3-4H,2,5-8H2. The van der Waals surface area contributed by atoms with Gasteiger partial charge in [0.15, 0.2) is 0 Å². The highest BCUT2D eigenvalue weighted by atomic mass is 35.7. The largest absolute Gasteiger partial charge is 0.493 e. The summed E-state index contributed by atoms with van der Waals surface area (Å²) in [6.07, 6.45) is 2.43. The summed E-state index contributed by atoms with van der Waals surface area (Å²) in [5.74, 6) is 0.808. The van der Waals surface area contributed by atoms with E-state index in [1.807, 2.05) is 18.2 Å². The van der Waals surface area contributed by atoms with Crippen molar-refractivity contribution in [3.8, 4) is 5.75 Å². The molecule has 2 rings (SSSR count). The van der Waals surface area contributed by atoms with E-state index >= 15 is 0 Å². The molecule has 88 valence electrons. The van der Waals surface area contributed by atoms with Gasteiger partial charge >= 0.3 is 0 Å². The lowest BCUT2D eigenvalue weighted by Crippen LogP contribution is -2.11. The molecule has 0 saturated heterocycles. The highest BCUT2D eigenvalue weighted by Gasteiger charge is 2.15. The molecule has 0 atom stereocenters. The van der Waals surface area contributed by atoms with Crippen LogP contribution in [0.3, 0.4) is 0 Å². The van der Waals surface area contributed by atoms with E-state index in [4.69, 9.17) is 15.4 Å². The number of ether oxygens (including phenoxy) is 1. The van der Waals surface area contributed by atoms with Crippen LogP contribution in [-0.2, 0) is 21.9 Å². The van der Waals surface area contributed by atoms with Gasteiger partial charge in [0.05, 0.1) is 12.4 Å². The van der Waals surface area contributed by atoms with Crippen LogP contribution in [0, 0.1) is 0 Å². The van der Waals surface area contributed by atoms with Gasteiger partial charge in [-0.2, -0.15) is 0 Å². The molecular weight excluding hydrogens is 248 g/mol.